The summed E-state index contributed by atoms with van der Waals surface area (Å²) in [7, 11) is 0. The van der Waals surface area contributed by atoms with Gasteiger partial charge in [0.15, 0.2) is 0 Å². The molecule has 1 amide bonds. The highest BCUT2D eigenvalue weighted by Gasteiger charge is 2.50. The van der Waals surface area contributed by atoms with E-state index >= 15 is 0 Å². The van der Waals surface area contributed by atoms with Gasteiger partial charge in [0, 0.05) is 16.6 Å². The van der Waals surface area contributed by atoms with Gasteiger partial charge in [0.05, 0.1) is 12.3 Å². The Balaban J connectivity index is 2.21. The van der Waals surface area contributed by atoms with Gasteiger partial charge in [-0.15, -0.1) is 0 Å². The number of hydrogen-bond donors (Lipinski definition) is 1. The van der Waals surface area contributed by atoms with Crippen LogP contribution in [0.3, 0.4) is 0 Å². The number of carbonyl (C=O) groups excluding carboxylic acids is 1. The van der Waals surface area contributed by atoms with Crippen LogP contribution in [0.4, 0.5) is 13.2 Å². The molecule has 1 aliphatic rings. The van der Waals surface area contributed by atoms with Crippen LogP contribution in [0.25, 0.3) is 0 Å². The second-order valence-electron chi connectivity index (χ2n) is 5.25. The van der Waals surface area contributed by atoms with Gasteiger partial charge in [-0.05, 0) is 24.1 Å². The summed E-state index contributed by atoms with van der Waals surface area (Å²) in [6, 6.07) is 3.05. The lowest BCUT2D eigenvalue weighted by Crippen LogP contribution is -2.41. The van der Waals surface area contributed by atoms with Crippen molar-refractivity contribution in [1.82, 2.24) is 4.90 Å². The number of likely N-dealkylation sites (tertiary alicyclic amines) is 1. The van der Waals surface area contributed by atoms with Crippen molar-refractivity contribution in [3.8, 4) is 0 Å². The molecule has 0 radical (unpaired) electrons. The van der Waals surface area contributed by atoms with Crippen LogP contribution in [0.1, 0.15) is 12.0 Å². The smallest absolute Gasteiger partial charge is 0.393 e. The van der Waals surface area contributed by atoms with E-state index in [0.717, 1.165) is 4.90 Å². The van der Waals surface area contributed by atoms with E-state index in [1.54, 1.807) is 6.07 Å². The topological polar surface area (TPSA) is 57.6 Å². The van der Waals surface area contributed by atoms with E-state index in [0.29, 0.717) is 0 Å². The number of hydrogen-bond acceptors (Lipinski definition) is 2. The normalized spacial score (nSPS) is 21.5. The molecule has 1 aliphatic heterocycles. The molecule has 0 bridgehead atoms. The molecule has 126 valence electrons. The van der Waals surface area contributed by atoms with Crippen LogP contribution in [0, 0.1) is 5.92 Å². The van der Waals surface area contributed by atoms with Crippen molar-refractivity contribution < 1.29 is 27.9 Å². The van der Waals surface area contributed by atoms with Crippen LogP contribution >= 0.6 is 23.2 Å². The molecule has 0 unspecified atom stereocenters. The third-order valence-corrected chi connectivity index (χ3v) is 4.47. The average Bonchev–Trinajstić information content (AvgIpc) is 2.88. The van der Waals surface area contributed by atoms with Gasteiger partial charge < -0.3 is 10.0 Å². The van der Waals surface area contributed by atoms with E-state index in [-0.39, 0.29) is 22.0 Å². The number of carbonyl (C=O) groups is 2. The number of carboxylic acids is 1. The fourth-order valence-electron chi connectivity index (χ4n) is 2.54. The predicted octanol–water partition coefficient (Wildman–Crippen LogP) is 3.40. The first kappa shape index (κ1) is 17.9. The van der Waals surface area contributed by atoms with Crippen molar-refractivity contribution in [1.29, 1.82) is 0 Å². The SMILES string of the molecule is O=C(O)[C@@H]1C[C@H](C(F)(F)F)CN1C(=O)Cc1c(Cl)cccc1Cl. The molecule has 2 atom stereocenters. The van der Waals surface area contributed by atoms with Crippen LogP contribution in [0.15, 0.2) is 18.2 Å². The molecule has 4 nitrogen and oxygen atoms in total. The molecular weight excluding hydrogens is 358 g/mol. The molecule has 1 aromatic carbocycles. The molecule has 1 aromatic rings. The Morgan fingerprint density at radius 2 is 1.83 bits per heavy atom. The highest BCUT2D eigenvalue weighted by atomic mass is 35.5. The van der Waals surface area contributed by atoms with Crippen molar-refractivity contribution in [3.63, 3.8) is 0 Å². The maximum atomic E-state index is 12.8. The van der Waals surface area contributed by atoms with E-state index in [1.165, 1.54) is 12.1 Å². The fraction of sp³-hybridized carbons (Fsp3) is 0.429. The molecule has 9 heteroatoms. The fourth-order valence-corrected chi connectivity index (χ4v) is 3.07. The van der Waals surface area contributed by atoms with Crippen molar-refractivity contribution in [2.24, 2.45) is 5.92 Å². The number of carboxylic acid groups (broad SMARTS) is 1. The van der Waals surface area contributed by atoms with Crippen LogP contribution in [0.5, 0.6) is 0 Å². The molecule has 1 saturated heterocycles. The van der Waals surface area contributed by atoms with Crippen molar-refractivity contribution in [3.05, 3.63) is 33.8 Å². The lowest BCUT2D eigenvalue weighted by molar-refractivity contribution is -0.171. The first-order chi connectivity index (χ1) is 10.6. The zero-order valence-electron chi connectivity index (χ0n) is 11.6. The zero-order valence-corrected chi connectivity index (χ0v) is 13.1. The molecule has 2 rings (SSSR count). The number of amides is 1. The number of alkyl halides is 3. The van der Waals surface area contributed by atoms with Gasteiger partial charge in [-0.1, -0.05) is 29.3 Å². The van der Waals surface area contributed by atoms with Crippen LogP contribution in [-0.2, 0) is 16.0 Å². The summed E-state index contributed by atoms with van der Waals surface area (Å²) < 4.78 is 38.4. The number of halogens is 5. The third-order valence-electron chi connectivity index (χ3n) is 3.76. The molecule has 0 aromatic heterocycles. The molecule has 23 heavy (non-hydrogen) atoms. The summed E-state index contributed by atoms with van der Waals surface area (Å²) in [6.07, 6.45) is -5.56. The van der Waals surface area contributed by atoms with E-state index in [9.17, 15) is 22.8 Å². The van der Waals surface area contributed by atoms with Gasteiger partial charge in [-0.25, -0.2) is 4.79 Å². The molecule has 0 aliphatic carbocycles. The largest absolute Gasteiger partial charge is 0.480 e. The van der Waals surface area contributed by atoms with Crippen LogP contribution in [-0.4, -0.2) is 40.6 Å². The van der Waals surface area contributed by atoms with E-state index in [2.05, 4.69) is 0 Å². The zero-order chi connectivity index (χ0) is 17.4. The minimum absolute atomic E-state index is 0.198. The standard InChI is InChI=1S/C14H12Cl2F3NO3/c15-9-2-1-3-10(16)8(9)5-12(21)20-6-7(14(17,18)19)4-11(20)13(22)23/h1-3,7,11H,4-6H2,(H,22,23)/t7-,11-/m0/s1. The van der Waals surface area contributed by atoms with E-state index in [1.807, 2.05) is 0 Å². The second kappa shape index (κ2) is 6.57. The lowest BCUT2D eigenvalue weighted by Gasteiger charge is -2.22. The summed E-state index contributed by atoms with van der Waals surface area (Å²) in [4.78, 5) is 24.2. The number of nitrogens with zero attached hydrogens (tertiary/aromatic N) is 1. The minimum atomic E-state index is -4.55. The Hall–Kier alpha value is -1.47. The van der Waals surface area contributed by atoms with Crippen molar-refractivity contribution in [2.75, 3.05) is 6.54 Å². The minimum Gasteiger partial charge on any atom is -0.480 e. The van der Waals surface area contributed by atoms with E-state index in [4.69, 9.17) is 28.3 Å². The predicted molar refractivity (Wildman–Crippen MR) is 77.5 cm³/mol. The van der Waals surface area contributed by atoms with Gasteiger partial charge in [0.1, 0.15) is 6.04 Å². The van der Waals surface area contributed by atoms with Crippen molar-refractivity contribution in [2.45, 2.75) is 25.1 Å². The Kier molecular flexibility index (Phi) is 5.10. The summed E-state index contributed by atoms with van der Waals surface area (Å²) in [5.74, 6) is -4.07. The average molecular weight is 370 g/mol. The first-order valence-electron chi connectivity index (χ1n) is 6.63. The molecule has 1 N–H and O–H groups in total. The van der Waals surface area contributed by atoms with Gasteiger partial charge in [0.25, 0.3) is 0 Å². The maximum Gasteiger partial charge on any atom is 0.393 e. The highest BCUT2D eigenvalue weighted by Crippen LogP contribution is 2.37. The number of rotatable bonds is 3. The Morgan fingerprint density at radius 1 is 1.26 bits per heavy atom. The van der Waals surface area contributed by atoms with Crippen LogP contribution < -0.4 is 0 Å². The number of aliphatic carboxylic acids is 1. The van der Waals surface area contributed by atoms with Gasteiger partial charge in [-0.2, -0.15) is 13.2 Å². The van der Waals surface area contributed by atoms with Gasteiger partial charge in [0.2, 0.25) is 5.91 Å². The Bertz CT molecular complexity index is 616. The number of benzene rings is 1. The Labute approximate surface area is 139 Å². The molecule has 0 spiro atoms. The molecule has 1 fully saturated rings. The lowest BCUT2D eigenvalue weighted by atomic mass is 10.1. The Morgan fingerprint density at radius 3 is 2.30 bits per heavy atom. The molecular formula is C14H12Cl2F3NO3. The summed E-state index contributed by atoms with van der Waals surface area (Å²) in [5.41, 5.74) is 0.264. The quantitative estimate of drug-likeness (QED) is 0.888. The van der Waals surface area contributed by atoms with E-state index < -0.39 is 43.0 Å². The third kappa shape index (κ3) is 3.90. The van der Waals surface area contributed by atoms with Crippen molar-refractivity contribution >= 4 is 35.1 Å². The van der Waals surface area contributed by atoms with Gasteiger partial charge in [-0.3, -0.25) is 4.79 Å². The summed E-state index contributed by atoms with van der Waals surface area (Å²) in [5, 5.41) is 9.47. The monoisotopic (exact) mass is 369 g/mol. The summed E-state index contributed by atoms with van der Waals surface area (Å²) in [6.45, 7) is -0.679. The van der Waals surface area contributed by atoms with Gasteiger partial charge >= 0.3 is 12.1 Å². The van der Waals surface area contributed by atoms with Crippen LogP contribution in [0.2, 0.25) is 10.0 Å². The maximum absolute atomic E-state index is 12.8. The highest BCUT2D eigenvalue weighted by molar-refractivity contribution is 6.36. The second-order valence-corrected chi connectivity index (χ2v) is 6.07. The molecule has 0 saturated carbocycles. The summed E-state index contributed by atoms with van der Waals surface area (Å²) >= 11 is 11.9. The molecule has 1 heterocycles. The first-order valence-corrected chi connectivity index (χ1v) is 7.38.